The first-order chi connectivity index (χ1) is 11.7. The molecule has 0 rings (SSSR count). The monoisotopic (exact) mass is 336 g/mol. The van der Waals surface area contributed by atoms with E-state index in [4.69, 9.17) is 10.4 Å². The Morgan fingerprint density at radius 2 is 1.71 bits per heavy atom. The first-order valence-corrected chi connectivity index (χ1v) is 8.86. The van der Waals surface area contributed by atoms with E-state index in [1.54, 1.807) is 6.08 Å². The van der Waals surface area contributed by atoms with E-state index < -0.39 is 12.1 Å². The van der Waals surface area contributed by atoms with E-state index in [1.807, 2.05) is 18.2 Å². The molecule has 0 radical (unpaired) electrons. The zero-order chi connectivity index (χ0) is 17.9. The van der Waals surface area contributed by atoms with Crippen molar-refractivity contribution < 1.29 is 20.0 Å². The number of unbranched alkanes of at least 4 members (excludes halogenated alkanes) is 3. The Morgan fingerprint density at radius 1 is 1.00 bits per heavy atom. The molecule has 0 amide bonds. The first-order valence-electron chi connectivity index (χ1n) is 8.86. The molecule has 0 aromatic heterocycles. The molecule has 0 saturated heterocycles. The lowest BCUT2D eigenvalue weighted by Crippen LogP contribution is -2.08. The molecule has 0 bridgehead atoms. The minimum Gasteiger partial charge on any atom is -0.481 e. The van der Waals surface area contributed by atoms with Crippen molar-refractivity contribution >= 4 is 5.97 Å². The summed E-state index contributed by atoms with van der Waals surface area (Å²) in [6.45, 7) is 2.21. The highest BCUT2D eigenvalue weighted by Gasteiger charge is 2.05. The topological polar surface area (TPSA) is 66.8 Å². The van der Waals surface area contributed by atoms with Crippen molar-refractivity contribution in [2.45, 2.75) is 70.8 Å². The molecular formula is C20H32O4. The summed E-state index contributed by atoms with van der Waals surface area (Å²) in [7, 11) is 0. The third-order valence-electron chi connectivity index (χ3n) is 3.44. The molecule has 0 aliphatic carbocycles. The number of carboxylic acid groups (broad SMARTS) is 1. The Bertz CT molecular complexity index is 408. The van der Waals surface area contributed by atoms with Gasteiger partial charge in [0.25, 0.3) is 0 Å². The van der Waals surface area contributed by atoms with Crippen molar-refractivity contribution in [3.63, 3.8) is 0 Å². The quantitative estimate of drug-likeness (QED) is 0.133. The zero-order valence-corrected chi connectivity index (χ0v) is 14.8. The Kier molecular flexibility index (Phi) is 16.5. The predicted molar refractivity (Wildman–Crippen MR) is 98.9 cm³/mol. The van der Waals surface area contributed by atoms with Gasteiger partial charge >= 0.3 is 5.97 Å². The fourth-order valence-corrected chi connectivity index (χ4v) is 2.06. The van der Waals surface area contributed by atoms with Crippen LogP contribution in [0.3, 0.4) is 0 Å². The number of rotatable bonds is 15. The maximum absolute atomic E-state index is 10.4. The van der Waals surface area contributed by atoms with E-state index in [9.17, 15) is 4.79 Å². The molecule has 4 heteroatoms. The highest BCUT2D eigenvalue weighted by molar-refractivity contribution is 5.66. The van der Waals surface area contributed by atoms with Crippen LogP contribution in [-0.4, -0.2) is 22.4 Å². The molecule has 1 atom stereocenters. The van der Waals surface area contributed by atoms with Crippen LogP contribution < -0.4 is 0 Å². The van der Waals surface area contributed by atoms with E-state index in [0.717, 1.165) is 12.8 Å². The molecular weight excluding hydrogens is 304 g/mol. The van der Waals surface area contributed by atoms with Crippen molar-refractivity contribution in [2.24, 2.45) is 0 Å². The first kappa shape index (κ1) is 22.4. The minimum absolute atomic E-state index is 0.0847. The number of carboxylic acids is 1. The summed E-state index contributed by atoms with van der Waals surface area (Å²) in [6, 6.07) is 0. The number of hydrogen-bond donors (Lipinski definition) is 2. The van der Waals surface area contributed by atoms with E-state index in [2.05, 4.69) is 36.1 Å². The van der Waals surface area contributed by atoms with E-state index in [-0.39, 0.29) is 6.42 Å². The predicted octanol–water partition coefficient (Wildman–Crippen LogP) is 5.68. The van der Waals surface area contributed by atoms with Gasteiger partial charge in [-0.2, -0.15) is 0 Å². The maximum Gasteiger partial charge on any atom is 0.303 e. The van der Waals surface area contributed by atoms with Crippen LogP contribution in [0.5, 0.6) is 0 Å². The fraction of sp³-hybridized carbons (Fsp3) is 0.550. The SMILES string of the molecule is CCCCC/C=C\C/C=C/C/C=C\C=C\[C@H](CCCC(=O)O)OO. The van der Waals surface area contributed by atoms with Gasteiger partial charge in [0.2, 0.25) is 0 Å². The lowest BCUT2D eigenvalue weighted by molar-refractivity contribution is -0.267. The lowest BCUT2D eigenvalue weighted by Gasteiger charge is -2.06. The number of aliphatic carboxylic acids is 1. The third kappa shape index (κ3) is 16.7. The van der Waals surface area contributed by atoms with Crippen LogP contribution in [0.15, 0.2) is 48.6 Å². The zero-order valence-electron chi connectivity index (χ0n) is 14.8. The van der Waals surface area contributed by atoms with Crippen molar-refractivity contribution in [3.05, 3.63) is 48.6 Å². The average Bonchev–Trinajstić information content (AvgIpc) is 2.57. The van der Waals surface area contributed by atoms with Crippen LogP contribution in [-0.2, 0) is 9.68 Å². The van der Waals surface area contributed by atoms with Crippen LogP contribution >= 0.6 is 0 Å². The normalized spacial score (nSPS) is 13.8. The van der Waals surface area contributed by atoms with Gasteiger partial charge in [-0.3, -0.25) is 10.1 Å². The van der Waals surface area contributed by atoms with Crippen molar-refractivity contribution in [1.29, 1.82) is 0 Å². The Balaban J connectivity index is 3.74. The van der Waals surface area contributed by atoms with Gasteiger partial charge in [-0.15, -0.1) is 0 Å². The number of carbonyl (C=O) groups is 1. The van der Waals surface area contributed by atoms with Gasteiger partial charge in [0.05, 0.1) is 0 Å². The largest absolute Gasteiger partial charge is 0.481 e. The molecule has 0 fully saturated rings. The Labute approximate surface area is 146 Å². The lowest BCUT2D eigenvalue weighted by atomic mass is 10.1. The fourth-order valence-electron chi connectivity index (χ4n) is 2.06. The van der Waals surface area contributed by atoms with E-state index >= 15 is 0 Å². The molecule has 0 unspecified atom stereocenters. The standard InChI is InChI=1S/C20H32O4/c1-2-3-4-5-6-7-8-9-10-11-12-13-14-16-19(24-23)17-15-18-20(21)22/h6-7,9-10,12-14,16,19,23H,2-5,8,11,15,17-18H2,1H3,(H,21,22)/b7-6-,10-9+,13-12-,16-14+/t19-/m1/s1. The molecule has 0 aromatic rings. The van der Waals surface area contributed by atoms with Crippen LogP contribution in [0.25, 0.3) is 0 Å². The maximum atomic E-state index is 10.4. The second kappa shape index (κ2) is 17.7. The van der Waals surface area contributed by atoms with Crippen molar-refractivity contribution in [1.82, 2.24) is 0 Å². The van der Waals surface area contributed by atoms with Gasteiger partial charge in [0.1, 0.15) is 6.10 Å². The summed E-state index contributed by atoms with van der Waals surface area (Å²) in [5.74, 6) is -0.835. The highest BCUT2D eigenvalue weighted by atomic mass is 17.1. The molecule has 4 nitrogen and oxygen atoms in total. The molecule has 0 heterocycles. The van der Waals surface area contributed by atoms with Crippen LogP contribution in [0.2, 0.25) is 0 Å². The van der Waals surface area contributed by atoms with Gasteiger partial charge in [-0.25, -0.2) is 4.89 Å². The molecule has 24 heavy (non-hydrogen) atoms. The van der Waals surface area contributed by atoms with Crippen molar-refractivity contribution in [2.75, 3.05) is 0 Å². The summed E-state index contributed by atoms with van der Waals surface area (Å²) in [6.07, 6.45) is 23.6. The average molecular weight is 336 g/mol. The van der Waals surface area contributed by atoms with Gasteiger partial charge in [-0.1, -0.05) is 68.4 Å². The van der Waals surface area contributed by atoms with Gasteiger partial charge in [0.15, 0.2) is 0 Å². The second-order valence-electron chi connectivity index (χ2n) is 5.65. The molecule has 2 N–H and O–H groups in total. The molecule has 0 aliphatic heterocycles. The number of allylic oxidation sites excluding steroid dienone is 7. The van der Waals surface area contributed by atoms with Gasteiger partial charge < -0.3 is 5.11 Å². The summed E-state index contributed by atoms with van der Waals surface area (Å²) in [4.78, 5) is 14.7. The summed E-state index contributed by atoms with van der Waals surface area (Å²) < 4.78 is 0. The Morgan fingerprint density at radius 3 is 2.38 bits per heavy atom. The molecule has 0 aliphatic rings. The minimum atomic E-state index is -0.835. The van der Waals surface area contributed by atoms with E-state index in [1.165, 1.54) is 25.7 Å². The number of hydrogen-bond acceptors (Lipinski definition) is 3. The molecule has 0 aromatic carbocycles. The highest BCUT2D eigenvalue weighted by Crippen LogP contribution is 2.06. The van der Waals surface area contributed by atoms with Crippen LogP contribution in [0, 0.1) is 0 Å². The van der Waals surface area contributed by atoms with E-state index in [0.29, 0.717) is 12.8 Å². The summed E-state index contributed by atoms with van der Waals surface area (Å²) in [5.41, 5.74) is 0. The van der Waals surface area contributed by atoms with Gasteiger partial charge in [-0.05, 0) is 38.5 Å². The second-order valence-corrected chi connectivity index (χ2v) is 5.65. The Hall–Kier alpha value is -1.65. The summed E-state index contributed by atoms with van der Waals surface area (Å²) in [5, 5.41) is 17.3. The molecule has 0 saturated carbocycles. The van der Waals surface area contributed by atoms with Crippen LogP contribution in [0.4, 0.5) is 0 Å². The van der Waals surface area contributed by atoms with Crippen LogP contribution in [0.1, 0.15) is 64.7 Å². The smallest absolute Gasteiger partial charge is 0.303 e. The van der Waals surface area contributed by atoms with Crippen molar-refractivity contribution in [3.8, 4) is 0 Å². The molecule has 136 valence electrons. The third-order valence-corrected chi connectivity index (χ3v) is 3.44. The van der Waals surface area contributed by atoms with Gasteiger partial charge in [0, 0.05) is 6.42 Å². The molecule has 0 spiro atoms. The summed E-state index contributed by atoms with van der Waals surface area (Å²) >= 11 is 0.